The molecular formula is C22H33N3O2. The van der Waals surface area contributed by atoms with Crippen LogP contribution in [0.25, 0.3) is 0 Å². The number of amides is 2. The minimum Gasteiger partial charge on any atom is -0.377 e. The molecule has 1 N–H and O–H groups in total. The predicted octanol–water partition coefficient (Wildman–Crippen LogP) is 4.17. The number of nitrogens with one attached hydrogen (secondary N) is 1. The van der Waals surface area contributed by atoms with Crippen LogP contribution in [-0.2, 0) is 16.1 Å². The molecule has 0 radical (unpaired) electrons. The number of hydrogen-bond donors (Lipinski definition) is 1. The smallest absolute Gasteiger partial charge is 0.227 e. The highest BCUT2D eigenvalue weighted by molar-refractivity contribution is 5.93. The third kappa shape index (κ3) is 4.82. The lowest BCUT2D eigenvalue weighted by molar-refractivity contribution is -0.132. The fraction of sp³-hybridized carbons (Fsp3) is 0.636. The van der Waals surface area contributed by atoms with Crippen molar-refractivity contribution in [3.05, 3.63) is 23.8 Å². The van der Waals surface area contributed by atoms with Crippen LogP contribution in [0.5, 0.6) is 0 Å². The monoisotopic (exact) mass is 371 g/mol. The molecule has 0 unspecified atom stereocenters. The molecule has 1 aromatic rings. The van der Waals surface area contributed by atoms with Gasteiger partial charge in [-0.1, -0.05) is 25.7 Å². The van der Waals surface area contributed by atoms with Crippen molar-refractivity contribution >= 4 is 23.2 Å². The van der Waals surface area contributed by atoms with E-state index in [4.69, 9.17) is 0 Å². The number of rotatable bonds is 6. The van der Waals surface area contributed by atoms with E-state index in [0.29, 0.717) is 12.6 Å². The molecule has 0 atom stereocenters. The lowest BCUT2D eigenvalue weighted by Crippen LogP contribution is -2.39. The largest absolute Gasteiger partial charge is 0.377 e. The zero-order valence-corrected chi connectivity index (χ0v) is 17.0. The standard InChI is InChI=1S/C22H33N3O2/c1-16(26)25(20-10-5-4-6-11-20)15-18-14-19(12-13-21(18)24(2)3)23-22(27)17-8-7-9-17/h12-14,17,20H,4-11,15H2,1-3H3,(H,23,27). The van der Waals surface area contributed by atoms with E-state index in [1.807, 2.05) is 37.2 Å². The van der Waals surface area contributed by atoms with Gasteiger partial charge in [0.25, 0.3) is 0 Å². The lowest BCUT2D eigenvalue weighted by atomic mass is 9.85. The van der Waals surface area contributed by atoms with Crippen molar-refractivity contribution in [2.45, 2.75) is 70.9 Å². The number of nitrogens with zero attached hydrogens (tertiary/aromatic N) is 2. The maximum Gasteiger partial charge on any atom is 0.227 e. The zero-order chi connectivity index (χ0) is 19.4. The van der Waals surface area contributed by atoms with Crippen molar-refractivity contribution < 1.29 is 9.59 Å². The Labute approximate surface area is 163 Å². The fourth-order valence-corrected chi connectivity index (χ4v) is 4.21. The molecule has 0 saturated heterocycles. The van der Waals surface area contributed by atoms with Crippen LogP contribution in [0.1, 0.15) is 63.9 Å². The van der Waals surface area contributed by atoms with Gasteiger partial charge in [0.1, 0.15) is 0 Å². The molecule has 0 bridgehead atoms. The molecule has 2 aliphatic carbocycles. The molecule has 5 nitrogen and oxygen atoms in total. The highest BCUT2D eigenvalue weighted by Crippen LogP contribution is 2.31. The average molecular weight is 372 g/mol. The Hall–Kier alpha value is -2.04. The van der Waals surface area contributed by atoms with E-state index in [2.05, 4.69) is 10.2 Å². The van der Waals surface area contributed by atoms with Crippen molar-refractivity contribution in [2.75, 3.05) is 24.3 Å². The first-order valence-electron chi connectivity index (χ1n) is 10.3. The summed E-state index contributed by atoms with van der Waals surface area (Å²) >= 11 is 0. The van der Waals surface area contributed by atoms with Gasteiger partial charge in [-0.3, -0.25) is 9.59 Å². The van der Waals surface area contributed by atoms with Gasteiger partial charge >= 0.3 is 0 Å². The summed E-state index contributed by atoms with van der Waals surface area (Å²) in [4.78, 5) is 28.8. The summed E-state index contributed by atoms with van der Waals surface area (Å²) in [6, 6.07) is 6.39. The summed E-state index contributed by atoms with van der Waals surface area (Å²) in [5.74, 6) is 0.425. The van der Waals surface area contributed by atoms with Crippen molar-refractivity contribution in [2.24, 2.45) is 5.92 Å². The number of carbonyl (C=O) groups is 2. The van der Waals surface area contributed by atoms with Gasteiger partial charge in [0.05, 0.1) is 0 Å². The minimum absolute atomic E-state index is 0.125. The van der Waals surface area contributed by atoms with Crippen molar-refractivity contribution in [3.63, 3.8) is 0 Å². The van der Waals surface area contributed by atoms with E-state index in [1.54, 1.807) is 6.92 Å². The van der Waals surface area contributed by atoms with Gasteiger partial charge in [0, 0.05) is 50.9 Å². The van der Waals surface area contributed by atoms with Crippen LogP contribution in [0.15, 0.2) is 18.2 Å². The molecule has 5 heteroatoms. The Bertz CT molecular complexity index is 676. The van der Waals surface area contributed by atoms with Crippen LogP contribution in [0, 0.1) is 5.92 Å². The lowest BCUT2D eigenvalue weighted by Gasteiger charge is -2.35. The molecule has 2 amide bonds. The second-order valence-corrected chi connectivity index (χ2v) is 8.29. The molecule has 0 aliphatic heterocycles. The van der Waals surface area contributed by atoms with Crippen LogP contribution < -0.4 is 10.2 Å². The van der Waals surface area contributed by atoms with Crippen LogP contribution >= 0.6 is 0 Å². The molecule has 27 heavy (non-hydrogen) atoms. The number of benzene rings is 1. The van der Waals surface area contributed by atoms with Crippen LogP contribution in [0.4, 0.5) is 11.4 Å². The van der Waals surface area contributed by atoms with Crippen molar-refractivity contribution in [3.8, 4) is 0 Å². The Morgan fingerprint density at radius 3 is 2.30 bits per heavy atom. The molecule has 2 aliphatic rings. The Balaban J connectivity index is 1.80. The topological polar surface area (TPSA) is 52.7 Å². The minimum atomic E-state index is 0.125. The molecule has 3 rings (SSSR count). The van der Waals surface area contributed by atoms with Crippen LogP contribution in [0.3, 0.4) is 0 Å². The Morgan fingerprint density at radius 2 is 1.74 bits per heavy atom. The Morgan fingerprint density at radius 1 is 1.04 bits per heavy atom. The van der Waals surface area contributed by atoms with Crippen LogP contribution in [-0.4, -0.2) is 36.9 Å². The number of hydrogen-bond acceptors (Lipinski definition) is 3. The summed E-state index contributed by atoms with van der Waals surface area (Å²) in [6.45, 7) is 2.27. The summed E-state index contributed by atoms with van der Waals surface area (Å²) in [5.41, 5.74) is 3.02. The first-order chi connectivity index (χ1) is 13.0. The molecule has 0 aromatic heterocycles. The van der Waals surface area contributed by atoms with E-state index in [9.17, 15) is 9.59 Å². The average Bonchev–Trinajstić information content (AvgIpc) is 2.58. The van der Waals surface area contributed by atoms with Crippen LogP contribution in [0.2, 0.25) is 0 Å². The van der Waals surface area contributed by atoms with Gasteiger partial charge in [-0.15, -0.1) is 0 Å². The van der Waals surface area contributed by atoms with E-state index >= 15 is 0 Å². The molecule has 2 fully saturated rings. The van der Waals surface area contributed by atoms with E-state index in [-0.39, 0.29) is 17.7 Å². The van der Waals surface area contributed by atoms with Gasteiger partial charge in [-0.2, -0.15) is 0 Å². The fourth-order valence-electron chi connectivity index (χ4n) is 4.21. The maximum absolute atomic E-state index is 12.4. The molecular weight excluding hydrogens is 338 g/mol. The second kappa shape index (κ2) is 8.77. The first kappa shape index (κ1) is 19.7. The predicted molar refractivity (Wildman–Crippen MR) is 110 cm³/mol. The van der Waals surface area contributed by atoms with Gasteiger partial charge in [-0.05, 0) is 49.4 Å². The van der Waals surface area contributed by atoms with E-state index < -0.39 is 0 Å². The second-order valence-electron chi connectivity index (χ2n) is 8.29. The summed E-state index contributed by atoms with van der Waals surface area (Å²) in [7, 11) is 4.04. The first-order valence-corrected chi connectivity index (χ1v) is 10.3. The molecule has 148 valence electrons. The van der Waals surface area contributed by atoms with Gasteiger partial charge in [0.2, 0.25) is 11.8 Å². The summed E-state index contributed by atoms with van der Waals surface area (Å²) in [5, 5.41) is 3.07. The maximum atomic E-state index is 12.4. The molecule has 0 heterocycles. The quantitative estimate of drug-likeness (QED) is 0.816. The number of carbonyl (C=O) groups excluding carboxylic acids is 2. The van der Waals surface area contributed by atoms with Gasteiger partial charge < -0.3 is 15.1 Å². The highest BCUT2D eigenvalue weighted by atomic mass is 16.2. The van der Waals surface area contributed by atoms with Gasteiger partial charge in [-0.25, -0.2) is 0 Å². The zero-order valence-electron chi connectivity index (χ0n) is 17.0. The SMILES string of the molecule is CC(=O)N(Cc1cc(NC(=O)C2CCC2)ccc1N(C)C)C1CCCCC1. The molecule has 2 saturated carbocycles. The van der Waals surface area contributed by atoms with E-state index in [1.165, 1.54) is 19.3 Å². The highest BCUT2D eigenvalue weighted by Gasteiger charge is 2.26. The third-order valence-electron chi connectivity index (χ3n) is 6.07. The van der Waals surface area contributed by atoms with E-state index in [0.717, 1.165) is 49.0 Å². The molecule has 1 aromatic carbocycles. The van der Waals surface area contributed by atoms with Gasteiger partial charge in [0.15, 0.2) is 0 Å². The summed E-state index contributed by atoms with van der Waals surface area (Å²) < 4.78 is 0. The Kier molecular flexibility index (Phi) is 6.40. The third-order valence-corrected chi connectivity index (χ3v) is 6.07. The van der Waals surface area contributed by atoms with Crippen molar-refractivity contribution in [1.29, 1.82) is 0 Å². The normalized spacial score (nSPS) is 17.9. The molecule has 0 spiro atoms. The number of anilines is 2. The van der Waals surface area contributed by atoms with Crippen molar-refractivity contribution in [1.82, 2.24) is 4.90 Å². The summed E-state index contributed by atoms with van der Waals surface area (Å²) in [6.07, 6.45) is 9.00.